The van der Waals surface area contributed by atoms with E-state index in [0.717, 1.165) is 90.7 Å². The molecule has 0 unspecified atom stereocenters. The third-order valence-corrected chi connectivity index (χ3v) is 10.7. The molecule has 4 aliphatic heterocycles. The van der Waals surface area contributed by atoms with Crippen LogP contribution < -0.4 is 30.7 Å². The number of urea groups is 2. The standard InChI is InChI=1S/C22H24ClN3O2.C22H22F3N3O2/c1-15-2-5-18-10-20(8-9-21(18)25-15)28-14-17-12-26(13-17)22(27)24-11-16-3-6-19(23)7-4-16;1-14-2-3-16-10-19(8-9-20(16)26-14)30-13-15-11-28(12-15)21(29)27-18-6-4-17(5-7-18)22(23,24)25/h3-4,6-10,17,25H,1-2,5,11-14H2,(H,24,27);4-10,15,26H,1-3,11-13H2,(H,27,29). The van der Waals surface area contributed by atoms with Gasteiger partial charge in [0.05, 0.1) is 18.8 Å². The Labute approximate surface area is 341 Å². The lowest BCUT2D eigenvalue weighted by atomic mass is 10.0. The number of aryl methyl sites for hydroxylation is 2. The SMILES string of the molecule is C=C1CCc2cc(OCC3CN(C(=O)NCc4ccc(Cl)cc4)C3)ccc2N1.C=C1CCc2cc(OCC3CN(C(=O)Nc4ccc(C(F)(F)F)cc4)C3)ccc2N1. The van der Waals surface area contributed by atoms with E-state index in [2.05, 4.69) is 40.5 Å². The zero-order valence-electron chi connectivity index (χ0n) is 32.0. The summed E-state index contributed by atoms with van der Waals surface area (Å²) in [6, 6.07) is 23.6. The van der Waals surface area contributed by atoms with Crippen molar-refractivity contribution < 1.29 is 32.2 Å². The fourth-order valence-corrected chi connectivity index (χ4v) is 7.13. The molecule has 14 heteroatoms. The van der Waals surface area contributed by atoms with Gasteiger partial charge in [-0.2, -0.15) is 13.2 Å². The van der Waals surface area contributed by atoms with Gasteiger partial charge in [0.25, 0.3) is 0 Å². The zero-order chi connectivity index (χ0) is 40.8. The average Bonchev–Trinajstić information content (AvgIpc) is 3.16. The van der Waals surface area contributed by atoms with Gasteiger partial charge in [0.15, 0.2) is 0 Å². The molecule has 4 heterocycles. The van der Waals surface area contributed by atoms with Crippen molar-refractivity contribution in [3.63, 3.8) is 0 Å². The average molecular weight is 815 g/mol. The van der Waals surface area contributed by atoms with Crippen LogP contribution in [0.25, 0.3) is 0 Å². The van der Waals surface area contributed by atoms with Gasteiger partial charge in [0.2, 0.25) is 0 Å². The lowest BCUT2D eigenvalue weighted by Crippen LogP contribution is -2.55. The van der Waals surface area contributed by atoms with Crippen molar-refractivity contribution in [2.45, 2.75) is 38.4 Å². The van der Waals surface area contributed by atoms with Crippen molar-refractivity contribution in [1.82, 2.24) is 15.1 Å². The molecule has 2 fully saturated rings. The molecule has 8 rings (SSSR count). The number of alkyl halides is 3. The Bertz CT molecular complexity index is 2130. The number of nitrogens with one attached hydrogen (secondary N) is 4. The van der Waals surface area contributed by atoms with Gasteiger partial charge in [-0.25, -0.2) is 9.59 Å². The number of anilines is 3. The smallest absolute Gasteiger partial charge is 0.416 e. The molecule has 4 amide bonds. The minimum Gasteiger partial charge on any atom is -0.493 e. The number of ether oxygens (including phenoxy) is 2. The predicted octanol–water partition coefficient (Wildman–Crippen LogP) is 9.55. The van der Waals surface area contributed by atoms with Crippen LogP contribution in [-0.2, 0) is 25.6 Å². The highest BCUT2D eigenvalue weighted by atomic mass is 35.5. The van der Waals surface area contributed by atoms with Crippen LogP contribution in [0.3, 0.4) is 0 Å². The van der Waals surface area contributed by atoms with E-state index >= 15 is 0 Å². The molecule has 0 aliphatic carbocycles. The summed E-state index contributed by atoms with van der Waals surface area (Å²) in [6.07, 6.45) is -0.610. The Balaban J connectivity index is 0.000000177. The van der Waals surface area contributed by atoms with E-state index in [1.165, 1.54) is 23.3 Å². The van der Waals surface area contributed by atoms with Gasteiger partial charge >= 0.3 is 18.2 Å². The number of allylic oxidation sites excluding steroid dienone is 2. The molecule has 0 atom stereocenters. The second kappa shape index (κ2) is 17.8. The molecule has 0 aromatic heterocycles. The molecular weight excluding hydrogens is 769 g/mol. The number of amides is 4. The van der Waals surface area contributed by atoms with Crippen molar-refractivity contribution in [2.75, 3.05) is 55.3 Å². The van der Waals surface area contributed by atoms with Crippen molar-refractivity contribution in [2.24, 2.45) is 11.8 Å². The van der Waals surface area contributed by atoms with Gasteiger partial charge in [-0.05, 0) is 115 Å². The van der Waals surface area contributed by atoms with Gasteiger partial charge in [-0.1, -0.05) is 36.9 Å². The summed E-state index contributed by atoms with van der Waals surface area (Å²) in [5.74, 6) is 2.28. The summed E-state index contributed by atoms with van der Waals surface area (Å²) in [4.78, 5) is 27.8. The quantitative estimate of drug-likeness (QED) is 0.134. The maximum atomic E-state index is 12.6. The molecule has 4 aliphatic rings. The first-order valence-electron chi connectivity index (χ1n) is 19.3. The minimum absolute atomic E-state index is 0.0358. The van der Waals surface area contributed by atoms with Crippen LogP contribution in [0.2, 0.25) is 5.02 Å². The molecule has 4 aromatic rings. The lowest BCUT2D eigenvalue weighted by molar-refractivity contribution is -0.137. The number of carbonyl (C=O) groups is 2. The first-order valence-corrected chi connectivity index (χ1v) is 19.6. The van der Waals surface area contributed by atoms with Crippen molar-refractivity contribution in [3.8, 4) is 11.5 Å². The predicted molar refractivity (Wildman–Crippen MR) is 220 cm³/mol. The van der Waals surface area contributed by atoms with Crippen LogP contribution in [-0.4, -0.2) is 61.3 Å². The summed E-state index contributed by atoms with van der Waals surface area (Å²) < 4.78 is 49.6. The minimum atomic E-state index is -4.39. The van der Waals surface area contributed by atoms with Crippen LogP contribution in [0, 0.1) is 11.8 Å². The topological polar surface area (TPSA) is 107 Å². The number of likely N-dealkylation sites (tertiary alicyclic amines) is 2. The number of rotatable bonds is 9. The first-order chi connectivity index (χ1) is 27.8. The van der Waals surface area contributed by atoms with E-state index in [1.807, 2.05) is 59.5 Å². The monoisotopic (exact) mass is 814 g/mol. The summed E-state index contributed by atoms with van der Waals surface area (Å²) in [7, 11) is 0. The maximum Gasteiger partial charge on any atom is 0.416 e. The zero-order valence-corrected chi connectivity index (χ0v) is 32.7. The van der Waals surface area contributed by atoms with Crippen molar-refractivity contribution in [3.05, 3.63) is 137 Å². The molecule has 2 saturated heterocycles. The van der Waals surface area contributed by atoms with Crippen molar-refractivity contribution >= 4 is 40.7 Å². The highest BCUT2D eigenvalue weighted by molar-refractivity contribution is 6.30. The van der Waals surface area contributed by atoms with E-state index in [9.17, 15) is 22.8 Å². The highest BCUT2D eigenvalue weighted by Gasteiger charge is 2.33. The molecule has 58 heavy (non-hydrogen) atoms. The number of nitrogens with zero attached hydrogens (tertiary/aromatic N) is 2. The number of hydrogen-bond donors (Lipinski definition) is 4. The third-order valence-electron chi connectivity index (χ3n) is 10.4. The van der Waals surface area contributed by atoms with E-state index < -0.39 is 11.7 Å². The molecular formula is C44H46ClF3N6O4. The van der Waals surface area contributed by atoms with E-state index in [-0.39, 0.29) is 18.0 Å². The molecule has 0 saturated carbocycles. The van der Waals surface area contributed by atoms with Crippen LogP contribution >= 0.6 is 11.6 Å². The summed E-state index contributed by atoms with van der Waals surface area (Å²) >= 11 is 5.87. The number of carbonyl (C=O) groups excluding carboxylic acids is 2. The normalized spacial score (nSPS) is 16.2. The second-order valence-corrected chi connectivity index (χ2v) is 15.5. The Kier molecular flexibility index (Phi) is 12.4. The van der Waals surface area contributed by atoms with Gasteiger partial charge in [-0.15, -0.1) is 0 Å². The van der Waals surface area contributed by atoms with E-state index in [4.69, 9.17) is 21.1 Å². The Morgan fingerprint density at radius 2 is 1.21 bits per heavy atom. The summed E-state index contributed by atoms with van der Waals surface area (Å²) in [6.45, 7) is 12.1. The Morgan fingerprint density at radius 3 is 1.71 bits per heavy atom. The van der Waals surface area contributed by atoms with Crippen molar-refractivity contribution in [1.29, 1.82) is 0 Å². The molecule has 4 aromatic carbocycles. The highest BCUT2D eigenvalue weighted by Crippen LogP contribution is 2.32. The summed E-state index contributed by atoms with van der Waals surface area (Å²) in [5, 5.41) is 12.8. The largest absolute Gasteiger partial charge is 0.493 e. The van der Waals surface area contributed by atoms with Crippen LogP contribution in [0.4, 0.5) is 39.8 Å². The van der Waals surface area contributed by atoms with Gasteiger partial charge in [-0.3, -0.25) is 0 Å². The Morgan fingerprint density at radius 1 is 0.707 bits per heavy atom. The van der Waals surface area contributed by atoms with E-state index in [1.54, 1.807) is 4.90 Å². The van der Waals surface area contributed by atoms with Gasteiger partial charge in [0, 0.05) is 78.0 Å². The number of benzene rings is 4. The second-order valence-electron chi connectivity index (χ2n) is 15.0. The fraction of sp³-hybridized carbons (Fsp3) is 0.318. The molecule has 304 valence electrons. The Hall–Kier alpha value is -5.82. The lowest BCUT2D eigenvalue weighted by Gasteiger charge is -2.38. The van der Waals surface area contributed by atoms with Gasteiger partial charge < -0.3 is 40.5 Å². The summed E-state index contributed by atoms with van der Waals surface area (Å²) in [5.41, 5.74) is 7.34. The van der Waals surface area contributed by atoms with Crippen LogP contribution in [0.1, 0.15) is 35.1 Å². The van der Waals surface area contributed by atoms with Crippen LogP contribution in [0.15, 0.2) is 109 Å². The molecule has 0 bridgehead atoms. The number of fused-ring (bicyclic) bond motifs is 2. The third kappa shape index (κ3) is 10.6. The fourth-order valence-electron chi connectivity index (χ4n) is 7.00. The van der Waals surface area contributed by atoms with Gasteiger partial charge in [0.1, 0.15) is 11.5 Å². The number of halogens is 4. The number of hydrogen-bond acceptors (Lipinski definition) is 6. The maximum absolute atomic E-state index is 12.6. The van der Waals surface area contributed by atoms with E-state index in [0.29, 0.717) is 49.5 Å². The molecule has 4 N–H and O–H groups in total. The van der Waals surface area contributed by atoms with Crippen LogP contribution in [0.5, 0.6) is 11.5 Å². The first kappa shape index (κ1) is 40.4. The molecule has 10 nitrogen and oxygen atoms in total. The molecule has 0 spiro atoms. The molecule has 0 radical (unpaired) electrons.